The molecule has 0 bridgehead atoms. The van der Waals surface area contributed by atoms with Crippen LogP contribution in [-0.2, 0) is 22.6 Å². The Morgan fingerprint density at radius 2 is 2.12 bits per heavy atom. The number of benzene rings is 1. The molecule has 6 nitrogen and oxygen atoms in total. The lowest BCUT2D eigenvalue weighted by atomic mass is 10.2. The van der Waals surface area contributed by atoms with Crippen molar-refractivity contribution in [3.63, 3.8) is 0 Å². The fourth-order valence-corrected chi connectivity index (χ4v) is 3.72. The number of nitrogens with one attached hydrogen (secondary N) is 1. The van der Waals surface area contributed by atoms with Gasteiger partial charge >= 0.3 is 0 Å². The van der Waals surface area contributed by atoms with Gasteiger partial charge in [0, 0.05) is 43.0 Å². The van der Waals surface area contributed by atoms with Crippen molar-refractivity contribution < 1.29 is 9.59 Å². The number of fused-ring (bicyclic) bond motifs is 1. The molecule has 128 valence electrons. The summed E-state index contributed by atoms with van der Waals surface area (Å²) in [6.45, 7) is 1.26. The van der Waals surface area contributed by atoms with Gasteiger partial charge in [-0.15, -0.1) is 11.3 Å². The zero-order valence-electron chi connectivity index (χ0n) is 13.6. The van der Waals surface area contributed by atoms with E-state index < -0.39 is 0 Å². The smallest absolute Gasteiger partial charge is 0.227 e. The van der Waals surface area contributed by atoms with E-state index in [0.29, 0.717) is 13.0 Å². The minimum Gasteiger partial charge on any atom is -0.352 e. The van der Waals surface area contributed by atoms with Gasteiger partial charge in [-0.3, -0.25) is 14.0 Å². The molecule has 7 heteroatoms. The standard InChI is InChI=1S/C18H18N4O2S/c23-16(10-14-12-21-8-9-25-18(21)20-14)19-11-13-3-5-15(6-4-13)22-7-1-2-17(22)24/h3-6,8-9,12H,1-2,7,10-11H2,(H,19,23). The predicted molar refractivity (Wildman–Crippen MR) is 96.6 cm³/mol. The molecule has 0 radical (unpaired) electrons. The summed E-state index contributed by atoms with van der Waals surface area (Å²) in [6.07, 6.45) is 5.63. The second kappa shape index (κ2) is 6.68. The van der Waals surface area contributed by atoms with Crippen LogP contribution in [0.4, 0.5) is 5.69 Å². The van der Waals surface area contributed by atoms with Crippen molar-refractivity contribution in [3.8, 4) is 0 Å². The molecule has 3 aromatic rings. The SMILES string of the molecule is O=C(Cc1cn2ccsc2n1)NCc1ccc(N2CCCC2=O)cc1. The number of thiazole rings is 1. The fraction of sp³-hybridized carbons (Fsp3) is 0.278. The second-order valence-electron chi connectivity index (χ2n) is 6.09. The van der Waals surface area contributed by atoms with Crippen LogP contribution in [0.5, 0.6) is 0 Å². The van der Waals surface area contributed by atoms with E-state index in [9.17, 15) is 9.59 Å². The van der Waals surface area contributed by atoms with Crippen molar-refractivity contribution in [2.75, 3.05) is 11.4 Å². The maximum atomic E-state index is 12.1. The Bertz CT molecular complexity index is 884. The molecule has 1 fully saturated rings. The maximum absolute atomic E-state index is 12.1. The van der Waals surface area contributed by atoms with E-state index in [2.05, 4.69) is 10.3 Å². The van der Waals surface area contributed by atoms with Gasteiger partial charge in [-0.2, -0.15) is 0 Å². The summed E-state index contributed by atoms with van der Waals surface area (Å²) in [7, 11) is 0. The van der Waals surface area contributed by atoms with Crippen LogP contribution in [0.2, 0.25) is 0 Å². The fourth-order valence-electron chi connectivity index (χ4n) is 3.00. The highest BCUT2D eigenvalue weighted by Gasteiger charge is 2.21. The van der Waals surface area contributed by atoms with E-state index in [0.717, 1.165) is 34.9 Å². The molecular weight excluding hydrogens is 336 g/mol. The molecule has 0 aliphatic carbocycles. The minimum absolute atomic E-state index is 0.0513. The van der Waals surface area contributed by atoms with Gasteiger partial charge in [-0.1, -0.05) is 12.1 Å². The Balaban J connectivity index is 1.32. The number of aromatic nitrogens is 2. The summed E-state index contributed by atoms with van der Waals surface area (Å²) in [5.41, 5.74) is 2.71. The third kappa shape index (κ3) is 3.41. The quantitative estimate of drug-likeness (QED) is 0.765. The molecule has 0 unspecified atom stereocenters. The summed E-state index contributed by atoms with van der Waals surface area (Å²) in [6, 6.07) is 7.78. The highest BCUT2D eigenvalue weighted by Crippen LogP contribution is 2.21. The first-order chi connectivity index (χ1) is 12.2. The first-order valence-electron chi connectivity index (χ1n) is 8.26. The van der Waals surface area contributed by atoms with E-state index in [1.165, 1.54) is 0 Å². The maximum Gasteiger partial charge on any atom is 0.227 e. The molecule has 2 aromatic heterocycles. The number of nitrogens with zero attached hydrogens (tertiary/aromatic N) is 3. The van der Waals surface area contributed by atoms with Crippen molar-refractivity contribution in [1.29, 1.82) is 0 Å². The van der Waals surface area contributed by atoms with E-state index in [-0.39, 0.29) is 18.2 Å². The molecule has 1 aromatic carbocycles. The van der Waals surface area contributed by atoms with E-state index in [1.54, 1.807) is 11.3 Å². The van der Waals surface area contributed by atoms with Crippen LogP contribution >= 0.6 is 11.3 Å². The van der Waals surface area contributed by atoms with Crippen LogP contribution in [0.15, 0.2) is 42.0 Å². The number of imidazole rings is 1. The van der Waals surface area contributed by atoms with E-state index in [1.807, 2.05) is 51.3 Å². The lowest BCUT2D eigenvalue weighted by Crippen LogP contribution is -2.25. The highest BCUT2D eigenvalue weighted by molar-refractivity contribution is 7.15. The molecule has 0 saturated carbocycles. The minimum atomic E-state index is -0.0513. The number of anilines is 1. The largest absolute Gasteiger partial charge is 0.352 e. The summed E-state index contributed by atoms with van der Waals surface area (Å²) in [5, 5.41) is 4.88. The highest BCUT2D eigenvalue weighted by atomic mass is 32.1. The number of hydrogen-bond donors (Lipinski definition) is 1. The van der Waals surface area contributed by atoms with Crippen LogP contribution in [0, 0.1) is 0 Å². The summed E-state index contributed by atoms with van der Waals surface area (Å²) >= 11 is 1.55. The van der Waals surface area contributed by atoms with Crippen molar-refractivity contribution >= 4 is 33.8 Å². The first kappa shape index (κ1) is 15.8. The third-order valence-corrected chi connectivity index (χ3v) is 5.07. The monoisotopic (exact) mass is 354 g/mol. The average Bonchev–Trinajstić information content (AvgIpc) is 3.30. The number of hydrogen-bond acceptors (Lipinski definition) is 4. The lowest BCUT2D eigenvalue weighted by molar-refractivity contribution is -0.120. The zero-order valence-corrected chi connectivity index (χ0v) is 14.5. The summed E-state index contributed by atoms with van der Waals surface area (Å²) in [4.78, 5) is 31.0. The molecule has 0 atom stereocenters. The van der Waals surface area contributed by atoms with E-state index in [4.69, 9.17) is 0 Å². The Morgan fingerprint density at radius 3 is 2.84 bits per heavy atom. The van der Waals surface area contributed by atoms with Crippen LogP contribution in [0.25, 0.3) is 4.96 Å². The molecule has 1 aliphatic rings. The molecule has 2 amide bonds. The third-order valence-electron chi connectivity index (χ3n) is 4.30. The Hall–Kier alpha value is -2.67. The number of carbonyl (C=O) groups excluding carboxylic acids is 2. The zero-order chi connectivity index (χ0) is 17.2. The Morgan fingerprint density at radius 1 is 1.28 bits per heavy atom. The Labute approximate surface area is 149 Å². The van der Waals surface area contributed by atoms with Gasteiger partial charge in [0.2, 0.25) is 11.8 Å². The molecule has 1 N–H and O–H groups in total. The second-order valence-corrected chi connectivity index (χ2v) is 6.97. The number of amides is 2. The molecule has 0 spiro atoms. The molecule has 1 aliphatic heterocycles. The van der Waals surface area contributed by atoms with Gasteiger partial charge in [0.15, 0.2) is 4.96 Å². The van der Waals surface area contributed by atoms with Gasteiger partial charge in [0.1, 0.15) is 0 Å². The summed E-state index contributed by atoms with van der Waals surface area (Å²) in [5.74, 6) is 0.130. The Kier molecular flexibility index (Phi) is 4.23. The van der Waals surface area contributed by atoms with Crippen LogP contribution in [0.1, 0.15) is 24.1 Å². The summed E-state index contributed by atoms with van der Waals surface area (Å²) < 4.78 is 1.92. The van der Waals surface area contributed by atoms with Crippen LogP contribution in [0.3, 0.4) is 0 Å². The van der Waals surface area contributed by atoms with Gasteiger partial charge in [0.25, 0.3) is 0 Å². The van der Waals surface area contributed by atoms with Crippen molar-refractivity contribution in [2.24, 2.45) is 0 Å². The number of carbonyl (C=O) groups is 2. The van der Waals surface area contributed by atoms with Gasteiger partial charge in [0.05, 0.1) is 12.1 Å². The first-order valence-corrected chi connectivity index (χ1v) is 9.14. The van der Waals surface area contributed by atoms with Gasteiger partial charge < -0.3 is 10.2 Å². The van der Waals surface area contributed by atoms with Crippen LogP contribution < -0.4 is 10.2 Å². The van der Waals surface area contributed by atoms with Crippen molar-refractivity contribution in [2.45, 2.75) is 25.8 Å². The predicted octanol–water partition coefficient (Wildman–Crippen LogP) is 2.38. The topological polar surface area (TPSA) is 66.7 Å². The molecule has 1 saturated heterocycles. The van der Waals surface area contributed by atoms with E-state index >= 15 is 0 Å². The van der Waals surface area contributed by atoms with Gasteiger partial charge in [-0.25, -0.2) is 4.98 Å². The van der Waals surface area contributed by atoms with Crippen molar-refractivity contribution in [3.05, 3.63) is 53.3 Å². The molecule has 4 rings (SSSR count). The number of rotatable bonds is 5. The molecule has 25 heavy (non-hydrogen) atoms. The molecular formula is C18H18N4O2S. The normalized spacial score (nSPS) is 14.4. The molecule has 3 heterocycles. The van der Waals surface area contributed by atoms with Crippen LogP contribution in [-0.4, -0.2) is 27.7 Å². The van der Waals surface area contributed by atoms with Crippen molar-refractivity contribution in [1.82, 2.24) is 14.7 Å². The lowest BCUT2D eigenvalue weighted by Gasteiger charge is -2.16. The average molecular weight is 354 g/mol. The van der Waals surface area contributed by atoms with Gasteiger partial charge in [-0.05, 0) is 24.1 Å².